The summed E-state index contributed by atoms with van der Waals surface area (Å²) >= 11 is 0. The molecule has 1 saturated heterocycles. The van der Waals surface area contributed by atoms with Crippen molar-refractivity contribution in [1.82, 2.24) is 10.2 Å². The first kappa shape index (κ1) is 12.4. The summed E-state index contributed by atoms with van der Waals surface area (Å²) in [5.74, 6) is 0.589. The van der Waals surface area contributed by atoms with E-state index in [2.05, 4.69) is 36.3 Å². The Hall–Kier alpha value is -1.03. The summed E-state index contributed by atoms with van der Waals surface area (Å²) in [6, 6.07) is 0.506. The lowest BCUT2D eigenvalue weighted by Gasteiger charge is -2.33. The predicted molar refractivity (Wildman–Crippen MR) is 69.3 cm³/mol. The van der Waals surface area contributed by atoms with E-state index in [1.807, 2.05) is 6.92 Å². The number of H-pyrrole nitrogens is 1. The van der Waals surface area contributed by atoms with Gasteiger partial charge in [-0.15, -0.1) is 0 Å². The topological polar surface area (TPSA) is 49.9 Å². The maximum atomic E-state index is 5.79. The molecule has 0 saturated carbocycles. The van der Waals surface area contributed by atoms with E-state index in [9.17, 15) is 0 Å². The monoisotopic (exact) mass is 237 g/mol. The first-order valence-electron chi connectivity index (χ1n) is 6.47. The molecule has 1 aliphatic heterocycles. The SMILES string of the molecule is Cc1n[nH]c(C)c1NC1CCOC(C(C)C)C1. The lowest BCUT2D eigenvalue weighted by Crippen LogP contribution is -2.36. The number of aryl methyl sites for hydroxylation is 2. The van der Waals surface area contributed by atoms with E-state index in [-0.39, 0.29) is 0 Å². The molecule has 1 fully saturated rings. The predicted octanol–water partition coefficient (Wildman–Crippen LogP) is 2.64. The Labute approximate surface area is 103 Å². The second kappa shape index (κ2) is 5.08. The van der Waals surface area contributed by atoms with Crippen LogP contribution in [0.3, 0.4) is 0 Å². The maximum absolute atomic E-state index is 5.79. The highest BCUT2D eigenvalue weighted by molar-refractivity contribution is 5.52. The van der Waals surface area contributed by atoms with E-state index in [1.165, 1.54) is 5.69 Å². The largest absolute Gasteiger partial charge is 0.379 e. The van der Waals surface area contributed by atoms with E-state index in [0.717, 1.165) is 30.8 Å². The molecule has 1 aromatic rings. The molecule has 2 heterocycles. The molecule has 2 rings (SSSR count). The first-order valence-corrected chi connectivity index (χ1v) is 6.47. The van der Waals surface area contributed by atoms with Crippen LogP contribution in [0.5, 0.6) is 0 Å². The minimum absolute atomic E-state index is 0.383. The normalized spacial score (nSPS) is 25.2. The number of rotatable bonds is 3. The second-order valence-corrected chi connectivity index (χ2v) is 5.33. The van der Waals surface area contributed by atoms with Crippen LogP contribution in [0.4, 0.5) is 5.69 Å². The van der Waals surface area contributed by atoms with Crippen molar-refractivity contribution >= 4 is 5.69 Å². The van der Waals surface area contributed by atoms with Crippen LogP contribution in [-0.4, -0.2) is 29.0 Å². The van der Waals surface area contributed by atoms with Crippen molar-refractivity contribution in [2.75, 3.05) is 11.9 Å². The summed E-state index contributed by atoms with van der Waals surface area (Å²) < 4.78 is 5.79. The zero-order valence-corrected chi connectivity index (χ0v) is 11.2. The molecule has 0 aliphatic carbocycles. The van der Waals surface area contributed by atoms with E-state index in [1.54, 1.807) is 0 Å². The Morgan fingerprint density at radius 3 is 2.76 bits per heavy atom. The Balaban J connectivity index is 1.99. The third kappa shape index (κ3) is 2.80. The number of nitrogens with one attached hydrogen (secondary N) is 2. The molecule has 1 aliphatic rings. The zero-order chi connectivity index (χ0) is 12.4. The summed E-state index contributed by atoms with van der Waals surface area (Å²) in [5.41, 5.74) is 3.34. The van der Waals surface area contributed by atoms with Crippen LogP contribution in [0.25, 0.3) is 0 Å². The minimum Gasteiger partial charge on any atom is -0.379 e. The van der Waals surface area contributed by atoms with Gasteiger partial charge in [-0.3, -0.25) is 5.10 Å². The highest BCUT2D eigenvalue weighted by Gasteiger charge is 2.25. The highest BCUT2D eigenvalue weighted by atomic mass is 16.5. The summed E-state index contributed by atoms with van der Waals surface area (Å²) in [7, 11) is 0. The lowest BCUT2D eigenvalue weighted by molar-refractivity contribution is -0.0160. The van der Waals surface area contributed by atoms with Gasteiger partial charge < -0.3 is 10.1 Å². The average Bonchev–Trinajstić information content (AvgIpc) is 2.61. The molecule has 0 spiro atoms. The van der Waals surface area contributed by atoms with Gasteiger partial charge in [-0.1, -0.05) is 13.8 Å². The molecule has 0 radical (unpaired) electrons. The average molecular weight is 237 g/mol. The van der Waals surface area contributed by atoms with Crippen molar-refractivity contribution < 1.29 is 4.74 Å². The van der Waals surface area contributed by atoms with Crippen LogP contribution in [-0.2, 0) is 4.74 Å². The van der Waals surface area contributed by atoms with Crippen molar-refractivity contribution in [3.05, 3.63) is 11.4 Å². The van der Waals surface area contributed by atoms with Crippen LogP contribution in [0.2, 0.25) is 0 Å². The van der Waals surface area contributed by atoms with Crippen molar-refractivity contribution in [3.8, 4) is 0 Å². The van der Waals surface area contributed by atoms with Gasteiger partial charge in [-0.05, 0) is 32.6 Å². The van der Waals surface area contributed by atoms with Gasteiger partial charge in [0.25, 0.3) is 0 Å². The molecule has 2 unspecified atom stereocenters. The third-order valence-electron chi connectivity index (χ3n) is 3.54. The van der Waals surface area contributed by atoms with Gasteiger partial charge in [0.15, 0.2) is 0 Å². The smallest absolute Gasteiger partial charge is 0.0825 e. The molecule has 17 heavy (non-hydrogen) atoms. The number of ether oxygens (including phenoxy) is 1. The molecular weight excluding hydrogens is 214 g/mol. The van der Waals surface area contributed by atoms with E-state index in [0.29, 0.717) is 18.1 Å². The number of anilines is 1. The summed E-state index contributed by atoms with van der Waals surface area (Å²) in [5, 5.41) is 10.8. The van der Waals surface area contributed by atoms with Crippen molar-refractivity contribution in [1.29, 1.82) is 0 Å². The molecule has 2 atom stereocenters. The van der Waals surface area contributed by atoms with Gasteiger partial charge in [0.05, 0.1) is 23.2 Å². The van der Waals surface area contributed by atoms with E-state index >= 15 is 0 Å². The highest BCUT2D eigenvalue weighted by Crippen LogP contribution is 2.25. The minimum atomic E-state index is 0.383. The summed E-state index contributed by atoms with van der Waals surface area (Å²) in [4.78, 5) is 0. The van der Waals surface area contributed by atoms with Crippen molar-refractivity contribution in [2.24, 2.45) is 5.92 Å². The fraction of sp³-hybridized carbons (Fsp3) is 0.769. The standard InChI is InChI=1S/C13H23N3O/c1-8(2)12-7-11(5-6-17-12)14-13-9(3)15-16-10(13)4/h8,11-12,14H,5-7H2,1-4H3,(H,15,16). The van der Waals surface area contributed by atoms with Crippen molar-refractivity contribution in [3.63, 3.8) is 0 Å². The third-order valence-corrected chi connectivity index (χ3v) is 3.54. The zero-order valence-electron chi connectivity index (χ0n) is 11.2. The van der Waals surface area contributed by atoms with Crippen molar-refractivity contribution in [2.45, 2.75) is 52.7 Å². The molecule has 0 amide bonds. The number of hydrogen-bond donors (Lipinski definition) is 2. The van der Waals surface area contributed by atoms with Gasteiger partial charge >= 0.3 is 0 Å². The summed E-state index contributed by atoms with van der Waals surface area (Å²) in [6.45, 7) is 9.39. The Morgan fingerprint density at radius 1 is 1.41 bits per heavy atom. The lowest BCUT2D eigenvalue weighted by atomic mass is 9.95. The molecule has 0 bridgehead atoms. The number of nitrogens with zero attached hydrogens (tertiary/aromatic N) is 1. The van der Waals surface area contributed by atoms with Gasteiger partial charge in [-0.2, -0.15) is 5.10 Å². The van der Waals surface area contributed by atoms with E-state index < -0.39 is 0 Å². The molecule has 0 aromatic carbocycles. The molecule has 4 heteroatoms. The fourth-order valence-corrected chi connectivity index (χ4v) is 2.39. The van der Waals surface area contributed by atoms with Crippen LogP contribution in [0.15, 0.2) is 0 Å². The Morgan fingerprint density at radius 2 is 2.18 bits per heavy atom. The van der Waals surface area contributed by atoms with Gasteiger partial charge in [0.1, 0.15) is 0 Å². The maximum Gasteiger partial charge on any atom is 0.0825 e. The van der Waals surface area contributed by atoms with Crippen LogP contribution in [0.1, 0.15) is 38.1 Å². The number of aromatic nitrogens is 2. The fourth-order valence-electron chi connectivity index (χ4n) is 2.39. The molecule has 1 aromatic heterocycles. The molecule has 2 N–H and O–H groups in total. The Kier molecular flexibility index (Phi) is 3.72. The number of hydrogen-bond acceptors (Lipinski definition) is 3. The molecule has 4 nitrogen and oxygen atoms in total. The van der Waals surface area contributed by atoms with Crippen LogP contribution in [0, 0.1) is 19.8 Å². The van der Waals surface area contributed by atoms with Crippen LogP contribution < -0.4 is 5.32 Å². The summed E-state index contributed by atoms with van der Waals surface area (Å²) in [6.07, 6.45) is 2.54. The molecule has 96 valence electrons. The van der Waals surface area contributed by atoms with Gasteiger partial charge in [0, 0.05) is 12.6 Å². The first-order chi connectivity index (χ1) is 8.08. The van der Waals surface area contributed by atoms with Gasteiger partial charge in [0.2, 0.25) is 0 Å². The number of aromatic amines is 1. The van der Waals surface area contributed by atoms with Crippen LogP contribution >= 0.6 is 0 Å². The second-order valence-electron chi connectivity index (χ2n) is 5.33. The quantitative estimate of drug-likeness (QED) is 0.849. The van der Waals surface area contributed by atoms with E-state index in [4.69, 9.17) is 4.74 Å². The van der Waals surface area contributed by atoms with Gasteiger partial charge in [-0.25, -0.2) is 0 Å². The Bertz CT molecular complexity index is 353. The molecular formula is C13H23N3O.